The van der Waals surface area contributed by atoms with Crippen molar-refractivity contribution in [2.45, 2.75) is 69.2 Å². The maximum Gasteiger partial charge on any atom is 0.319 e. The monoisotopic (exact) mass is 663 g/mol. The molecule has 4 aliphatic rings. The van der Waals surface area contributed by atoms with Crippen LogP contribution in [0.3, 0.4) is 0 Å². The molecule has 4 saturated heterocycles. The molecule has 6 heterocycles. The second-order valence-corrected chi connectivity index (χ2v) is 13.7. The lowest BCUT2D eigenvalue weighted by atomic mass is 9.86. The zero-order valence-corrected chi connectivity index (χ0v) is 27.4. The Morgan fingerprint density at radius 1 is 1.06 bits per heavy atom. The molecule has 12 heteroatoms. The molecule has 0 N–H and O–H groups in total. The number of hydrogen-bond donors (Lipinski definition) is 0. The summed E-state index contributed by atoms with van der Waals surface area (Å²) in [6.45, 7) is 5.34. The van der Waals surface area contributed by atoms with E-state index < -0.39 is 17.5 Å². The van der Waals surface area contributed by atoms with Gasteiger partial charge in [0.25, 0.3) is 0 Å². The number of methoxy groups -OCH3 is 1. The number of aryl methyl sites for hydroxylation is 1. The number of rotatable bonds is 9. The van der Waals surface area contributed by atoms with Gasteiger partial charge in [0.1, 0.15) is 41.4 Å². The second kappa shape index (κ2) is 12.3. The minimum atomic E-state index is -0.906. The van der Waals surface area contributed by atoms with E-state index in [0.29, 0.717) is 71.3 Å². The molecule has 2 aromatic carbocycles. The molecule has 1 unspecified atom stereocenters. The Morgan fingerprint density at radius 3 is 2.71 bits per heavy atom. The summed E-state index contributed by atoms with van der Waals surface area (Å²) in [5.41, 5.74) is 0.245. The van der Waals surface area contributed by atoms with Crippen molar-refractivity contribution in [3.05, 3.63) is 47.7 Å². The summed E-state index contributed by atoms with van der Waals surface area (Å²) in [5.74, 6) is -0.0860. The first-order valence-electron chi connectivity index (χ1n) is 17.0. The molecule has 1 spiro atoms. The van der Waals surface area contributed by atoms with Crippen molar-refractivity contribution in [3.63, 3.8) is 0 Å². The minimum absolute atomic E-state index is 0.0131. The van der Waals surface area contributed by atoms with Crippen LogP contribution in [-0.2, 0) is 15.9 Å². The van der Waals surface area contributed by atoms with Crippen LogP contribution in [-0.4, -0.2) is 90.5 Å². The molecule has 0 aliphatic carbocycles. The van der Waals surface area contributed by atoms with Crippen LogP contribution >= 0.6 is 0 Å². The van der Waals surface area contributed by atoms with E-state index in [2.05, 4.69) is 19.8 Å². The van der Waals surface area contributed by atoms with E-state index in [1.54, 1.807) is 24.4 Å². The maximum absolute atomic E-state index is 17.1. The summed E-state index contributed by atoms with van der Waals surface area (Å²) in [7, 11) is 1.52. The highest BCUT2D eigenvalue weighted by molar-refractivity contribution is 6.01. The van der Waals surface area contributed by atoms with Gasteiger partial charge in [-0.1, -0.05) is 13.0 Å². The van der Waals surface area contributed by atoms with E-state index in [1.807, 2.05) is 6.92 Å². The van der Waals surface area contributed by atoms with Gasteiger partial charge in [-0.25, -0.2) is 13.2 Å². The van der Waals surface area contributed by atoms with Crippen LogP contribution in [0.2, 0.25) is 0 Å². The Hall–Kier alpha value is -3.74. The van der Waals surface area contributed by atoms with Gasteiger partial charge >= 0.3 is 6.01 Å². The standard InChI is InChI=1S/C36H40F3N5O4/c1-3-25-28(38)7-6-22-14-24(47-21-45-2)15-26(29(22)25)31-30(39)32-27(17-40-31)33(43-11-5-9-36(19-43)10-13-48-36)42-34(41-32)46-20-35-8-4-12-44(35)18-23(37)16-35/h6-7,14-15,17,23H,3-5,8-13,16,18-21H2,1-2H3/t23-,35+,36?/m1/s1. The van der Waals surface area contributed by atoms with Gasteiger partial charge in [0.2, 0.25) is 0 Å². The third-order valence-corrected chi connectivity index (χ3v) is 10.8. The predicted molar refractivity (Wildman–Crippen MR) is 175 cm³/mol. The average Bonchev–Trinajstić information content (AvgIpc) is 3.61. The first-order valence-corrected chi connectivity index (χ1v) is 17.0. The summed E-state index contributed by atoms with van der Waals surface area (Å²) in [4.78, 5) is 18.4. The van der Waals surface area contributed by atoms with Crippen LogP contribution in [0.4, 0.5) is 19.0 Å². The van der Waals surface area contributed by atoms with Crippen LogP contribution < -0.4 is 14.4 Å². The highest BCUT2D eigenvalue weighted by Crippen LogP contribution is 2.43. The fourth-order valence-corrected chi connectivity index (χ4v) is 8.39. The Balaban J connectivity index is 1.27. The van der Waals surface area contributed by atoms with Gasteiger partial charge < -0.3 is 23.8 Å². The predicted octanol–water partition coefficient (Wildman–Crippen LogP) is 6.38. The molecular formula is C36H40F3N5O4. The zero-order chi connectivity index (χ0) is 33.0. The lowest BCUT2D eigenvalue weighted by Gasteiger charge is -2.48. The molecule has 0 saturated carbocycles. The molecule has 0 bridgehead atoms. The molecule has 3 atom stereocenters. The van der Waals surface area contributed by atoms with Crippen LogP contribution in [0, 0.1) is 11.6 Å². The Bertz CT molecular complexity index is 1870. The quantitative estimate of drug-likeness (QED) is 0.190. The van der Waals surface area contributed by atoms with Crippen molar-refractivity contribution in [2.75, 3.05) is 58.2 Å². The number of alkyl halides is 1. The number of halogens is 3. The lowest BCUT2D eigenvalue weighted by molar-refractivity contribution is -0.151. The second-order valence-electron chi connectivity index (χ2n) is 13.7. The molecule has 9 nitrogen and oxygen atoms in total. The van der Waals surface area contributed by atoms with Crippen molar-refractivity contribution < 1.29 is 32.1 Å². The van der Waals surface area contributed by atoms with Crippen molar-refractivity contribution in [1.82, 2.24) is 19.9 Å². The van der Waals surface area contributed by atoms with Crippen molar-refractivity contribution in [2.24, 2.45) is 0 Å². The van der Waals surface area contributed by atoms with Crippen LogP contribution in [0.5, 0.6) is 11.8 Å². The first kappa shape index (κ1) is 31.5. The first-order chi connectivity index (χ1) is 23.3. The fraction of sp³-hybridized carbons (Fsp3) is 0.528. The number of ether oxygens (including phenoxy) is 4. The van der Waals surface area contributed by atoms with E-state index in [1.165, 1.54) is 13.2 Å². The molecule has 0 amide bonds. The van der Waals surface area contributed by atoms with Gasteiger partial charge in [-0.15, -0.1) is 0 Å². The molecule has 4 fully saturated rings. The molecule has 2 aromatic heterocycles. The van der Waals surface area contributed by atoms with Gasteiger partial charge in [0.15, 0.2) is 12.6 Å². The number of hydrogen-bond acceptors (Lipinski definition) is 9. The number of aromatic nitrogens is 3. The number of pyridine rings is 1. The smallest absolute Gasteiger partial charge is 0.319 e. The third kappa shape index (κ3) is 5.32. The molecule has 4 aliphatic heterocycles. The average molecular weight is 664 g/mol. The van der Waals surface area contributed by atoms with E-state index in [-0.39, 0.29) is 42.0 Å². The van der Waals surface area contributed by atoms with Gasteiger partial charge in [-0.05, 0) is 73.2 Å². The molecule has 254 valence electrons. The summed E-state index contributed by atoms with van der Waals surface area (Å²) < 4.78 is 70.0. The van der Waals surface area contributed by atoms with E-state index in [0.717, 1.165) is 45.3 Å². The number of fused-ring (bicyclic) bond motifs is 3. The Labute approximate surface area is 277 Å². The highest BCUT2D eigenvalue weighted by atomic mass is 19.1. The van der Waals surface area contributed by atoms with Gasteiger partial charge in [0, 0.05) is 51.3 Å². The number of anilines is 1. The molecule has 48 heavy (non-hydrogen) atoms. The molecular weight excluding hydrogens is 623 g/mol. The number of piperidine rings is 1. The Kier molecular flexibility index (Phi) is 8.08. The molecule has 8 rings (SSSR count). The van der Waals surface area contributed by atoms with Crippen molar-refractivity contribution in [1.29, 1.82) is 0 Å². The zero-order valence-electron chi connectivity index (χ0n) is 27.4. The number of benzene rings is 2. The van der Waals surface area contributed by atoms with E-state index in [4.69, 9.17) is 23.9 Å². The summed E-state index contributed by atoms with van der Waals surface area (Å²) in [6, 6.07) is 6.56. The van der Waals surface area contributed by atoms with Gasteiger partial charge in [-0.3, -0.25) is 9.88 Å². The van der Waals surface area contributed by atoms with Crippen molar-refractivity contribution in [3.8, 4) is 23.0 Å². The normalized spacial score (nSPS) is 25.6. The third-order valence-electron chi connectivity index (χ3n) is 10.8. The summed E-state index contributed by atoms with van der Waals surface area (Å²) >= 11 is 0. The number of nitrogens with zero attached hydrogens (tertiary/aromatic N) is 5. The highest BCUT2D eigenvalue weighted by Gasteiger charge is 2.49. The Morgan fingerprint density at radius 2 is 1.92 bits per heavy atom. The molecule has 4 aromatic rings. The van der Waals surface area contributed by atoms with E-state index in [9.17, 15) is 4.39 Å². The topological polar surface area (TPSA) is 82.1 Å². The summed E-state index contributed by atoms with van der Waals surface area (Å²) in [6.07, 6.45) is 6.09. The van der Waals surface area contributed by atoms with Crippen molar-refractivity contribution >= 4 is 27.5 Å². The maximum atomic E-state index is 17.1. The van der Waals surface area contributed by atoms with Crippen LogP contribution in [0.1, 0.15) is 51.0 Å². The lowest BCUT2D eigenvalue weighted by Crippen LogP contribution is -2.56. The molecule has 0 radical (unpaired) electrons. The largest absolute Gasteiger partial charge is 0.468 e. The fourth-order valence-electron chi connectivity index (χ4n) is 8.39. The van der Waals surface area contributed by atoms with Crippen LogP contribution in [0.15, 0.2) is 30.5 Å². The van der Waals surface area contributed by atoms with E-state index >= 15 is 8.78 Å². The SMILES string of the molecule is CCc1c(F)ccc2cc(OCOC)cc(-c3ncc4c(N5CCCC6(CCO6)C5)nc(OC[C@@]56CCCN5C[C@H](F)C6)nc4c3F)c12. The minimum Gasteiger partial charge on any atom is -0.468 e. The van der Waals surface area contributed by atoms with Gasteiger partial charge in [0.05, 0.1) is 23.1 Å². The summed E-state index contributed by atoms with van der Waals surface area (Å²) in [5, 5.41) is 1.69. The van der Waals surface area contributed by atoms with Gasteiger partial charge in [-0.2, -0.15) is 9.97 Å². The van der Waals surface area contributed by atoms with Crippen LogP contribution in [0.25, 0.3) is 32.9 Å².